The van der Waals surface area contributed by atoms with E-state index in [1.165, 1.54) is 28.9 Å². The highest BCUT2D eigenvalue weighted by atomic mass is 32.2. The Morgan fingerprint density at radius 3 is 2.65 bits per heavy atom. The number of ether oxygens (including phenoxy) is 1. The number of carbonyl (C=O) groups excluding carboxylic acids is 1. The van der Waals surface area contributed by atoms with Gasteiger partial charge in [-0.2, -0.15) is 0 Å². The van der Waals surface area contributed by atoms with Crippen LogP contribution in [0.5, 0.6) is 5.75 Å². The molecule has 0 aromatic heterocycles. The average Bonchev–Trinajstić information content (AvgIpc) is 2.70. The first-order chi connectivity index (χ1) is 12.8. The average molecular weight is 370 g/mol. The van der Waals surface area contributed by atoms with Crippen LogP contribution < -0.4 is 10.1 Å². The summed E-state index contributed by atoms with van der Waals surface area (Å²) in [5, 5.41) is 3.00. The van der Waals surface area contributed by atoms with E-state index in [2.05, 4.69) is 29.6 Å². The first-order valence-electron chi connectivity index (χ1n) is 9.50. The monoisotopic (exact) mass is 369 g/mol. The number of hydrogen-bond acceptors (Lipinski definition) is 3. The number of nitrogens with one attached hydrogen (secondary N) is 1. The molecule has 26 heavy (non-hydrogen) atoms. The molecule has 3 nitrogen and oxygen atoms in total. The molecule has 3 rings (SSSR count). The molecule has 0 bridgehead atoms. The van der Waals surface area contributed by atoms with Crippen LogP contribution in [0.15, 0.2) is 53.4 Å². The Kier molecular flexibility index (Phi) is 7.01. The lowest BCUT2D eigenvalue weighted by molar-refractivity contribution is -0.127. The van der Waals surface area contributed by atoms with Gasteiger partial charge in [0, 0.05) is 17.2 Å². The Morgan fingerprint density at radius 1 is 1.12 bits per heavy atom. The molecule has 2 aromatic rings. The van der Waals surface area contributed by atoms with E-state index in [1.54, 1.807) is 11.8 Å². The van der Waals surface area contributed by atoms with Crippen LogP contribution in [-0.2, 0) is 17.6 Å². The van der Waals surface area contributed by atoms with Gasteiger partial charge in [-0.05, 0) is 67.5 Å². The summed E-state index contributed by atoms with van der Waals surface area (Å²) in [5.41, 5.74) is 2.81. The van der Waals surface area contributed by atoms with Crippen LogP contribution in [-0.4, -0.2) is 24.3 Å². The van der Waals surface area contributed by atoms with Crippen molar-refractivity contribution in [2.24, 2.45) is 0 Å². The van der Waals surface area contributed by atoms with Gasteiger partial charge < -0.3 is 10.1 Å². The lowest BCUT2D eigenvalue weighted by atomic mass is 9.92. The van der Waals surface area contributed by atoms with Gasteiger partial charge in [-0.1, -0.05) is 31.2 Å². The Morgan fingerprint density at radius 2 is 1.88 bits per heavy atom. The van der Waals surface area contributed by atoms with Crippen LogP contribution in [0.3, 0.4) is 0 Å². The van der Waals surface area contributed by atoms with Gasteiger partial charge in [0.2, 0.25) is 0 Å². The van der Waals surface area contributed by atoms with Crippen molar-refractivity contribution >= 4 is 17.7 Å². The zero-order chi connectivity index (χ0) is 18.2. The van der Waals surface area contributed by atoms with Gasteiger partial charge in [0.1, 0.15) is 5.75 Å². The van der Waals surface area contributed by atoms with Crippen LogP contribution in [0.4, 0.5) is 0 Å². The van der Waals surface area contributed by atoms with E-state index in [4.69, 9.17) is 4.74 Å². The zero-order valence-corrected chi connectivity index (χ0v) is 16.2. The van der Waals surface area contributed by atoms with Crippen LogP contribution in [0.25, 0.3) is 0 Å². The number of hydrogen-bond donors (Lipinski definition) is 1. The van der Waals surface area contributed by atoms with Crippen molar-refractivity contribution in [1.82, 2.24) is 5.32 Å². The van der Waals surface area contributed by atoms with Gasteiger partial charge in [-0.15, -0.1) is 11.8 Å². The quantitative estimate of drug-likeness (QED) is 0.544. The standard InChI is InChI=1S/C22H27NO2S/c1-2-21(22(24)23-14-15-26-20-10-4-3-5-11-20)25-19-13-12-17-8-6-7-9-18(17)16-19/h3-5,10-13,16,21H,2,6-9,14-15H2,1H3,(H,23,24)/t21-/m1/s1. The summed E-state index contributed by atoms with van der Waals surface area (Å²) in [4.78, 5) is 13.7. The van der Waals surface area contributed by atoms with Crippen molar-refractivity contribution in [3.8, 4) is 5.75 Å². The van der Waals surface area contributed by atoms with Crippen LogP contribution >= 0.6 is 11.8 Å². The fraction of sp³-hybridized carbons (Fsp3) is 0.409. The van der Waals surface area contributed by atoms with Crippen molar-refractivity contribution in [2.75, 3.05) is 12.3 Å². The summed E-state index contributed by atoms with van der Waals surface area (Å²) < 4.78 is 5.99. The maximum atomic E-state index is 12.4. The van der Waals surface area contributed by atoms with Gasteiger partial charge >= 0.3 is 0 Å². The van der Waals surface area contributed by atoms with Crippen molar-refractivity contribution in [3.63, 3.8) is 0 Å². The molecule has 1 aliphatic carbocycles. The minimum atomic E-state index is -0.432. The molecule has 0 fully saturated rings. The van der Waals surface area contributed by atoms with Gasteiger partial charge in [-0.3, -0.25) is 4.79 Å². The second-order valence-electron chi connectivity index (χ2n) is 6.60. The lowest BCUT2D eigenvalue weighted by Crippen LogP contribution is -2.39. The molecule has 0 radical (unpaired) electrons. The minimum Gasteiger partial charge on any atom is -0.481 e. The van der Waals surface area contributed by atoms with Crippen molar-refractivity contribution in [1.29, 1.82) is 0 Å². The second-order valence-corrected chi connectivity index (χ2v) is 7.77. The highest BCUT2D eigenvalue weighted by Gasteiger charge is 2.19. The maximum absolute atomic E-state index is 12.4. The highest BCUT2D eigenvalue weighted by Crippen LogP contribution is 2.26. The molecule has 1 atom stereocenters. The number of fused-ring (bicyclic) bond motifs is 1. The summed E-state index contributed by atoms with van der Waals surface area (Å²) in [5.74, 6) is 1.63. The highest BCUT2D eigenvalue weighted by molar-refractivity contribution is 7.99. The molecule has 1 aliphatic rings. The topological polar surface area (TPSA) is 38.3 Å². The Labute approximate surface area is 160 Å². The molecule has 138 valence electrons. The number of amides is 1. The van der Waals surface area contributed by atoms with E-state index < -0.39 is 6.10 Å². The largest absolute Gasteiger partial charge is 0.481 e. The molecule has 2 aromatic carbocycles. The molecule has 0 saturated carbocycles. The second kappa shape index (κ2) is 9.67. The number of rotatable bonds is 8. The molecule has 4 heteroatoms. The Hall–Kier alpha value is -1.94. The number of carbonyl (C=O) groups is 1. The number of thioether (sulfide) groups is 1. The molecule has 0 unspecified atom stereocenters. The first-order valence-corrected chi connectivity index (χ1v) is 10.5. The minimum absolute atomic E-state index is 0.0288. The van der Waals surface area contributed by atoms with Gasteiger partial charge in [0.15, 0.2) is 6.10 Å². The van der Waals surface area contributed by atoms with E-state index in [0.717, 1.165) is 24.3 Å². The van der Waals surface area contributed by atoms with Gasteiger partial charge in [0.25, 0.3) is 5.91 Å². The number of benzene rings is 2. The van der Waals surface area contributed by atoms with Crippen LogP contribution in [0.1, 0.15) is 37.3 Å². The molecule has 0 aliphatic heterocycles. The van der Waals surface area contributed by atoms with Crippen molar-refractivity contribution in [2.45, 2.75) is 50.0 Å². The maximum Gasteiger partial charge on any atom is 0.261 e. The molecule has 1 N–H and O–H groups in total. The summed E-state index contributed by atoms with van der Waals surface area (Å²) in [6, 6.07) is 16.5. The molecule has 1 amide bonds. The molecular weight excluding hydrogens is 342 g/mol. The third-order valence-corrected chi connectivity index (χ3v) is 5.69. The van der Waals surface area contributed by atoms with E-state index in [1.807, 2.05) is 31.2 Å². The van der Waals surface area contributed by atoms with Crippen LogP contribution in [0, 0.1) is 0 Å². The van der Waals surface area contributed by atoms with Gasteiger partial charge in [0.05, 0.1) is 0 Å². The predicted molar refractivity (Wildman–Crippen MR) is 108 cm³/mol. The third kappa shape index (κ3) is 5.28. The third-order valence-electron chi connectivity index (χ3n) is 4.67. The molecule has 0 saturated heterocycles. The summed E-state index contributed by atoms with van der Waals surface area (Å²) in [6.45, 7) is 2.63. The fourth-order valence-corrected chi connectivity index (χ4v) is 4.03. The smallest absolute Gasteiger partial charge is 0.261 e. The van der Waals surface area contributed by atoms with Crippen LogP contribution in [0.2, 0.25) is 0 Å². The zero-order valence-electron chi connectivity index (χ0n) is 15.4. The summed E-state index contributed by atoms with van der Waals surface area (Å²) in [6.07, 6.45) is 5.02. The normalized spacial score (nSPS) is 14.3. The predicted octanol–water partition coefficient (Wildman–Crippen LogP) is 4.63. The fourth-order valence-electron chi connectivity index (χ4n) is 3.24. The van der Waals surface area contributed by atoms with E-state index in [-0.39, 0.29) is 5.91 Å². The Balaban J connectivity index is 1.47. The van der Waals surface area contributed by atoms with E-state index in [0.29, 0.717) is 13.0 Å². The van der Waals surface area contributed by atoms with E-state index >= 15 is 0 Å². The SMILES string of the molecule is CC[C@@H](Oc1ccc2c(c1)CCCC2)C(=O)NCCSc1ccccc1. The van der Waals surface area contributed by atoms with E-state index in [9.17, 15) is 4.79 Å². The van der Waals surface area contributed by atoms with Gasteiger partial charge in [-0.25, -0.2) is 0 Å². The Bertz CT molecular complexity index is 717. The summed E-state index contributed by atoms with van der Waals surface area (Å²) in [7, 11) is 0. The summed E-state index contributed by atoms with van der Waals surface area (Å²) >= 11 is 1.75. The molecule has 0 heterocycles. The van der Waals surface area contributed by atoms with Crippen molar-refractivity contribution < 1.29 is 9.53 Å². The lowest BCUT2D eigenvalue weighted by Gasteiger charge is -2.20. The first kappa shape index (κ1) is 18.8. The van der Waals surface area contributed by atoms with Crippen molar-refractivity contribution in [3.05, 3.63) is 59.7 Å². The molecular formula is C22H27NO2S. The number of aryl methyl sites for hydroxylation is 2. The molecule has 0 spiro atoms.